The molecule has 0 aliphatic carbocycles. The molecule has 0 spiro atoms. The minimum atomic E-state index is -4.89. The Kier molecular flexibility index (Phi) is 3.60. The number of nitrogens with two attached hydrogens (primary N) is 1. The summed E-state index contributed by atoms with van der Waals surface area (Å²) in [5.74, 6) is -1.25. The van der Waals surface area contributed by atoms with Crippen LogP contribution in [-0.2, 0) is 0 Å². The molecule has 0 aliphatic rings. The third-order valence-electron chi connectivity index (χ3n) is 2.40. The molecule has 4 nitrogen and oxygen atoms in total. The molecular formula is C13H9F3N2O2. The number of benzene rings is 1. The molecule has 7 heteroatoms. The molecule has 2 N–H and O–H groups in total. The minimum Gasteiger partial charge on any atom is -0.405 e. The lowest BCUT2D eigenvalue weighted by Gasteiger charge is -2.13. The summed E-state index contributed by atoms with van der Waals surface area (Å²) in [7, 11) is 0. The number of ether oxygens (including phenoxy) is 1. The third kappa shape index (κ3) is 3.25. The molecular weight excluding hydrogens is 273 g/mol. The van der Waals surface area contributed by atoms with Crippen LogP contribution in [0.15, 0.2) is 42.7 Å². The minimum absolute atomic E-state index is 0.144. The third-order valence-corrected chi connectivity index (χ3v) is 2.40. The maximum atomic E-state index is 12.3. The van der Waals surface area contributed by atoms with E-state index < -0.39 is 17.9 Å². The molecule has 1 aromatic heterocycles. The van der Waals surface area contributed by atoms with Crippen LogP contribution in [0, 0.1) is 0 Å². The number of carbonyl (C=O) groups is 1. The summed E-state index contributed by atoms with van der Waals surface area (Å²) in [5, 5.41) is 0. The molecule has 2 rings (SSSR count). The van der Waals surface area contributed by atoms with E-state index in [9.17, 15) is 18.0 Å². The van der Waals surface area contributed by atoms with Crippen LogP contribution in [0.3, 0.4) is 0 Å². The van der Waals surface area contributed by atoms with Gasteiger partial charge >= 0.3 is 6.36 Å². The molecule has 1 aromatic carbocycles. The van der Waals surface area contributed by atoms with Crippen LogP contribution in [0.1, 0.15) is 15.9 Å². The first kappa shape index (κ1) is 13.9. The first-order valence-electron chi connectivity index (χ1n) is 5.47. The Labute approximate surface area is 112 Å². The van der Waals surface area contributed by atoms with E-state index >= 15 is 0 Å². The van der Waals surface area contributed by atoms with Crippen molar-refractivity contribution in [2.24, 2.45) is 0 Å². The van der Waals surface area contributed by atoms with Gasteiger partial charge in [-0.25, -0.2) is 0 Å². The fraction of sp³-hybridized carbons (Fsp3) is 0.0769. The molecule has 0 bridgehead atoms. The number of alkyl halides is 3. The van der Waals surface area contributed by atoms with E-state index in [2.05, 4.69) is 9.72 Å². The first-order chi connectivity index (χ1) is 9.37. The van der Waals surface area contributed by atoms with Gasteiger partial charge in [0.15, 0.2) is 5.78 Å². The number of nitrogen functional groups attached to an aromatic ring is 1. The van der Waals surface area contributed by atoms with E-state index in [0.29, 0.717) is 0 Å². The summed E-state index contributed by atoms with van der Waals surface area (Å²) in [6.07, 6.45) is -2.19. The number of pyridine rings is 1. The van der Waals surface area contributed by atoms with Gasteiger partial charge in [-0.3, -0.25) is 9.78 Å². The van der Waals surface area contributed by atoms with Crippen LogP contribution >= 0.6 is 0 Å². The topological polar surface area (TPSA) is 65.2 Å². The average molecular weight is 282 g/mol. The highest BCUT2D eigenvalue weighted by Gasteiger charge is 2.33. The van der Waals surface area contributed by atoms with Gasteiger partial charge in [-0.05, 0) is 30.3 Å². The SMILES string of the molecule is Nc1ccc(OC(F)(F)F)c(C(=O)c2cccnc2)c1. The largest absolute Gasteiger partial charge is 0.573 e. The standard InChI is InChI=1S/C13H9F3N2O2/c14-13(15,16)20-11-4-3-9(17)6-10(11)12(19)8-2-1-5-18-7-8/h1-7H,17H2. The maximum Gasteiger partial charge on any atom is 0.573 e. The number of halogens is 3. The Morgan fingerprint density at radius 3 is 2.60 bits per heavy atom. The van der Waals surface area contributed by atoms with Crippen molar-refractivity contribution in [2.45, 2.75) is 6.36 Å². The highest BCUT2D eigenvalue weighted by molar-refractivity contribution is 6.11. The van der Waals surface area contributed by atoms with E-state index in [0.717, 1.165) is 12.1 Å². The number of carbonyl (C=O) groups excluding carboxylic acids is 1. The quantitative estimate of drug-likeness (QED) is 0.694. The second-order valence-electron chi connectivity index (χ2n) is 3.87. The van der Waals surface area contributed by atoms with Crippen molar-refractivity contribution in [1.82, 2.24) is 4.98 Å². The van der Waals surface area contributed by atoms with Gasteiger partial charge in [-0.15, -0.1) is 13.2 Å². The van der Waals surface area contributed by atoms with Crippen molar-refractivity contribution in [2.75, 3.05) is 5.73 Å². The Morgan fingerprint density at radius 2 is 2.00 bits per heavy atom. The Morgan fingerprint density at radius 1 is 1.25 bits per heavy atom. The summed E-state index contributed by atoms with van der Waals surface area (Å²) in [6, 6.07) is 6.31. The summed E-state index contributed by atoms with van der Waals surface area (Å²) in [5.41, 5.74) is 5.54. The highest BCUT2D eigenvalue weighted by Crippen LogP contribution is 2.29. The van der Waals surface area contributed by atoms with Crippen molar-refractivity contribution < 1.29 is 22.7 Å². The highest BCUT2D eigenvalue weighted by atomic mass is 19.4. The number of ketones is 1. The number of hydrogen-bond acceptors (Lipinski definition) is 4. The predicted molar refractivity (Wildman–Crippen MR) is 65.2 cm³/mol. The lowest BCUT2D eigenvalue weighted by atomic mass is 10.0. The van der Waals surface area contributed by atoms with E-state index in [-0.39, 0.29) is 16.8 Å². The first-order valence-corrected chi connectivity index (χ1v) is 5.47. The molecule has 0 unspecified atom stereocenters. The zero-order valence-electron chi connectivity index (χ0n) is 10.0. The monoisotopic (exact) mass is 282 g/mol. The molecule has 0 saturated heterocycles. The van der Waals surface area contributed by atoms with Gasteiger partial charge in [0.2, 0.25) is 0 Å². The van der Waals surface area contributed by atoms with Crippen LogP contribution in [0.2, 0.25) is 0 Å². The zero-order chi connectivity index (χ0) is 14.8. The molecule has 0 atom stereocenters. The summed E-state index contributed by atoms with van der Waals surface area (Å²) in [6.45, 7) is 0. The number of rotatable bonds is 3. The smallest absolute Gasteiger partial charge is 0.405 e. The van der Waals surface area contributed by atoms with Gasteiger partial charge in [0.25, 0.3) is 0 Å². The lowest BCUT2D eigenvalue weighted by molar-refractivity contribution is -0.274. The van der Waals surface area contributed by atoms with Crippen LogP contribution < -0.4 is 10.5 Å². The second-order valence-corrected chi connectivity index (χ2v) is 3.87. The lowest BCUT2D eigenvalue weighted by Crippen LogP contribution is -2.19. The maximum absolute atomic E-state index is 12.3. The van der Waals surface area contributed by atoms with Crippen molar-refractivity contribution in [3.8, 4) is 5.75 Å². The normalized spacial score (nSPS) is 11.2. The van der Waals surface area contributed by atoms with Crippen LogP contribution in [0.5, 0.6) is 5.75 Å². The number of hydrogen-bond donors (Lipinski definition) is 1. The van der Waals surface area contributed by atoms with Crippen molar-refractivity contribution in [3.63, 3.8) is 0 Å². The molecule has 0 radical (unpaired) electrons. The molecule has 1 heterocycles. The van der Waals surface area contributed by atoms with Crippen molar-refractivity contribution in [3.05, 3.63) is 53.9 Å². The zero-order valence-corrected chi connectivity index (χ0v) is 10.0. The molecule has 0 aliphatic heterocycles. The summed E-state index contributed by atoms with van der Waals surface area (Å²) >= 11 is 0. The molecule has 20 heavy (non-hydrogen) atoms. The van der Waals surface area contributed by atoms with Gasteiger partial charge in [-0.1, -0.05) is 0 Å². The fourth-order valence-electron chi connectivity index (χ4n) is 1.59. The number of aromatic nitrogens is 1. The van der Waals surface area contributed by atoms with Gasteiger partial charge < -0.3 is 10.5 Å². The van der Waals surface area contributed by atoms with Gasteiger partial charge in [0.05, 0.1) is 5.56 Å². The molecule has 104 valence electrons. The van der Waals surface area contributed by atoms with Gasteiger partial charge in [0.1, 0.15) is 5.75 Å². The number of nitrogens with zero attached hydrogens (tertiary/aromatic N) is 1. The van der Waals surface area contributed by atoms with Crippen LogP contribution in [0.4, 0.5) is 18.9 Å². The second kappa shape index (κ2) is 5.20. The predicted octanol–water partition coefficient (Wildman–Crippen LogP) is 2.79. The Balaban J connectivity index is 2.44. The Hall–Kier alpha value is -2.57. The van der Waals surface area contributed by atoms with Gasteiger partial charge in [-0.2, -0.15) is 0 Å². The molecule has 0 amide bonds. The van der Waals surface area contributed by atoms with E-state index in [1.807, 2.05) is 0 Å². The number of anilines is 1. The van der Waals surface area contributed by atoms with E-state index in [4.69, 9.17) is 5.73 Å². The fourth-order valence-corrected chi connectivity index (χ4v) is 1.59. The van der Waals surface area contributed by atoms with E-state index in [1.165, 1.54) is 30.6 Å². The van der Waals surface area contributed by atoms with E-state index in [1.54, 1.807) is 0 Å². The molecule has 2 aromatic rings. The van der Waals surface area contributed by atoms with Crippen LogP contribution in [0.25, 0.3) is 0 Å². The van der Waals surface area contributed by atoms with Crippen molar-refractivity contribution in [1.29, 1.82) is 0 Å². The molecule has 0 fully saturated rings. The molecule has 0 saturated carbocycles. The summed E-state index contributed by atoms with van der Waals surface area (Å²) < 4.78 is 40.8. The van der Waals surface area contributed by atoms with Crippen molar-refractivity contribution >= 4 is 11.5 Å². The van der Waals surface area contributed by atoms with Crippen LogP contribution in [-0.4, -0.2) is 17.1 Å². The van der Waals surface area contributed by atoms with Gasteiger partial charge in [0, 0.05) is 23.6 Å². The average Bonchev–Trinajstić information content (AvgIpc) is 2.39. The summed E-state index contributed by atoms with van der Waals surface area (Å²) in [4.78, 5) is 15.9. The Bertz CT molecular complexity index is 627.